The van der Waals surface area contributed by atoms with Gasteiger partial charge in [0.15, 0.2) is 5.96 Å². The lowest BCUT2D eigenvalue weighted by atomic mass is 10.1. The zero-order chi connectivity index (χ0) is 22.1. The number of benzene rings is 1. The molecule has 1 aliphatic rings. The van der Waals surface area contributed by atoms with Gasteiger partial charge < -0.3 is 20.3 Å². The predicted octanol–water partition coefficient (Wildman–Crippen LogP) is 3.70. The quantitative estimate of drug-likeness (QED) is 0.272. The maximum Gasteiger partial charge on any atom is 0.191 e. The first-order valence-corrected chi connectivity index (χ1v) is 11.7. The van der Waals surface area contributed by atoms with Gasteiger partial charge in [-0.05, 0) is 50.2 Å². The van der Waals surface area contributed by atoms with Crippen LogP contribution in [0.2, 0.25) is 0 Å². The highest BCUT2D eigenvalue weighted by Gasteiger charge is 2.23. The molecule has 1 fully saturated rings. The molecule has 9 heteroatoms. The van der Waals surface area contributed by atoms with Crippen LogP contribution >= 0.6 is 35.3 Å². The lowest BCUT2D eigenvalue weighted by Gasteiger charge is -2.34. The van der Waals surface area contributed by atoms with Crippen molar-refractivity contribution >= 4 is 41.3 Å². The van der Waals surface area contributed by atoms with E-state index in [1.807, 2.05) is 31.1 Å². The Morgan fingerprint density at radius 2 is 2.03 bits per heavy atom. The van der Waals surface area contributed by atoms with Gasteiger partial charge in [-0.3, -0.25) is 4.90 Å². The molecule has 2 heterocycles. The summed E-state index contributed by atoms with van der Waals surface area (Å²) in [6, 6.07) is 9.84. The topological polar surface area (TPSA) is 52.1 Å². The number of hydrogen-bond donors (Lipinski definition) is 2. The molecule has 0 spiro atoms. The maximum absolute atomic E-state index is 14.1. The lowest BCUT2D eigenvalue weighted by molar-refractivity contribution is 0.0177. The number of morpholine rings is 1. The van der Waals surface area contributed by atoms with Gasteiger partial charge in [-0.1, -0.05) is 12.1 Å². The van der Waals surface area contributed by atoms with E-state index in [2.05, 4.69) is 40.0 Å². The minimum absolute atomic E-state index is 0. The van der Waals surface area contributed by atoms with Gasteiger partial charge in [0.1, 0.15) is 5.82 Å². The highest BCUT2D eigenvalue weighted by molar-refractivity contribution is 14.0. The van der Waals surface area contributed by atoms with Crippen molar-refractivity contribution in [3.05, 3.63) is 57.5 Å². The number of aliphatic imine (C=N–C) groups is 1. The Morgan fingerprint density at radius 3 is 2.69 bits per heavy atom. The maximum atomic E-state index is 14.1. The Bertz CT molecular complexity index is 828. The minimum Gasteiger partial charge on any atom is -0.379 e. The van der Waals surface area contributed by atoms with Crippen molar-refractivity contribution < 1.29 is 9.13 Å². The van der Waals surface area contributed by atoms with Crippen LogP contribution in [0.25, 0.3) is 0 Å². The summed E-state index contributed by atoms with van der Waals surface area (Å²) < 4.78 is 19.6. The second-order valence-corrected chi connectivity index (χ2v) is 8.90. The number of nitrogens with one attached hydrogen (secondary N) is 2. The van der Waals surface area contributed by atoms with Gasteiger partial charge in [-0.15, -0.1) is 35.3 Å². The fourth-order valence-electron chi connectivity index (χ4n) is 3.67. The summed E-state index contributed by atoms with van der Waals surface area (Å²) in [6.07, 6.45) is 0. The van der Waals surface area contributed by atoms with E-state index in [0.29, 0.717) is 18.7 Å². The van der Waals surface area contributed by atoms with Gasteiger partial charge in [-0.25, -0.2) is 9.38 Å². The smallest absolute Gasteiger partial charge is 0.191 e. The summed E-state index contributed by atoms with van der Waals surface area (Å²) in [4.78, 5) is 10.5. The highest BCUT2D eigenvalue weighted by atomic mass is 127. The number of hydrogen-bond acceptors (Lipinski definition) is 5. The zero-order valence-electron chi connectivity index (χ0n) is 19.1. The predicted molar refractivity (Wildman–Crippen MR) is 141 cm³/mol. The summed E-state index contributed by atoms with van der Waals surface area (Å²) >= 11 is 1.79. The number of guanidine groups is 1. The molecule has 3 rings (SSSR count). The zero-order valence-corrected chi connectivity index (χ0v) is 22.3. The molecule has 1 saturated heterocycles. The molecule has 6 nitrogen and oxygen atoms in total. The van der Waals surface area contributed by atoms with Crippen LogP contribution in [0, 0.1) is 5.82 Å². The second-order valence-electron chi connectivity index (χ2n) is 7.92. The summed E-state index contributed by atoms with van der Waals surface area (Å²) in [7, 11) is 3.88. The van der Waals surface area contributed by atoms with E-state index in [0.717, 1.165) is 50.9 Å². The first-order chi connectivity index (χ1) is 15.1. The van der Waals surface area contributed by atoms with Gasteiger partial charge in [0.05, 0.1) is 25.8 Å². The molecular weight excluding hydrogens is 540 g/mol. The first kappa shape index (κ1) is 27.0. The third-order valence-electron chi connectivity index (χ3n) is 5.18. The van der Waals surface area contributed by atoms with Crippen LogP contribution in [-0.4, -0.2) is 69.2 Å². The summed E-state index contributed by atoms with van der Waals surface area (Å²) in [5.41, 5.74) is 1.69. The average Bonchev–Trinajstić information content (AvgIpc) is 3.29. The van der Waals surface area contributed by atoms with Gasteiger partial charge in [0.2, 0.25) is 0 Å². The highest BCUT2D eigenvalue weighted by Crippen LogP contribution is 2.25. The number of rotatable bonds is 9. The van der Waals surface area contributed by atoms with E-state index < -0.39 is 0 Å². The minimum atomic E-state index is -0.171. The molecule has 2 N–H and O–H groups in total. The fraction of sp³-hybridized carbons (Fsp3) is 0.522. The number of nitrogens with zero attached hydrogens (tertiary/aromatic N) is 3. The van der Waals surface area contributed by atoms with Crippen molar-refractivity contribution in [1.29, 1.82) is 0 Å². The molecular formula is C23H35FIN5OS. The molecule has 32 heavy (non-hydrogen) atoms. The Hall–Kier alpha value is -1.27. The standard InChI is InChI=1S/C23H34FN5OS.HI/c1-4-25-23(26-15-18-7-8-20(24)19(14-18)17-28(2)3)27-16-21(22-6-5-13-31-22)29-9-11-30-12-10-29;/h5-8,13-14,21H,4,9-12,15-17H2,1-3H3,(H2,25,26,27);1H. The number of ether oxygens (including phenoxy) is 1. The van der Waals surface area contributed by atoms with E-state index in [1.165, 1.54) is 10.9 Å². The monoisotopic (exact) mass is 575 g/mol. The van der Waals surface area contributed by atoms with Gasteiger partial charge in [-0.2, -0.15) is 0 Å². The number of thiophene rings is 1. The third-order valence-corrected chi connectivity index (χ3v) is 6.16. The summed E-state index contributed by atoms with van der Waals surface area (Å²) in [5, 5.41) is 8.97. The van der Waals surface area contributed by atoms with Gasteiger partial charge >= 0.3 is 0 Å². The van der Waals surface area contributed by atoms with Crippen LogP contribution in [0.3, 0.4) is 0 Å². The van der Waals surface area contributed by atoms with E-state index in [1.54, 1.807) is 11.3 Å². The molecule has 0 amide bonds. The van der Waals surface area contributed by atoms with Crippen LogP contribution in [0.15, 0.2) is 40.7 Å². The Morgan fingerprint density at radius 1 is 1.25 bits per heavy atom. The Labute approximate surface area is 212 Å². The van der Waals surface area contributed by atoms with Crippen molar-refractivity contribution in [2.45, 2.75) is 26.1 Å². The van der Waals surface area contributed by atoms with Crippen LogP contribution in [-0.2, 0) is 17.8 Å². The average molecular weight is 576 g/mol. The molecule has 2 aromatic rings. The van der Waals surface area contributed by atoms with Crippen molar-refractivity contribution in [2.75, 3.05) is 53.5 Å². The van der Waals surface area contributed by atoms with Crippen LogP contribution < -0.4 is 10.6 Å². The summed E-state index contributed by atoms with van der Waals surface area (Å²) in [5.74, 6) is 0.603. The second kappa shape index (κ2) is 14.1. The molecule has 1 aliphatic heterocycles. The fourth-order valence-corrected chi connectivity index (χ4v) is 4.53. The van der Waals surface area contributed by atoms with Crippen LogP contribution in [0.4, 0.5) is 4.39 Å². The molecule has 1 atom stereocenters. The third kappa shape index (κ3) is 8.26. The first-order valence-electron chi connectivity index (χ1n) is 10.9. The van der Waals surface area contributed by atoms with Crippen molar-refractivity contribution in [2.24, 2.45) is 4.99 Å². The van der Waals surface area contributed by atoms with E-state index in [4.69, 9.17) is 9.73 Å². The lowest BCUT2D eigenvalue weighted by Crippen LogP contribution is -2.46. The summed E-state index contributed by atoms with van der Waals surface area (Å²) in [6.45, 7) is 8.09. The molecule has 0 bridgehead atoms. The molecule has 1 aromatic heterocycles. The molecule has 178 valence electrons. The number of halogens is 2. The molecule has 0 aliphatic carbocycles. The van der Waals surface area contributed by atoms with E-state index in [9.17, 15) is 4.39 Å². The molecule has 0 saturated carbocycles. The molecule has 1 unspecified atom stereocenters. The van der Waals surface area contributed by atoms with Crippen molar-refractivity contribution in [1.82, 2.24) is 20.4 Å². The van der Waals surface area contributed by atoms with E-state index in [-0.39, 0.29) is 35.8 Å². The Kier molecular flexibility index (Phi) is 11.9. The molecule has 1 aromatic carbocycles. The SMILES string of the molecule is CCNC(=NCc1ccc(F)c(CN(C)C)c1)NCC(c1cccs1)N1CCOCC1.I. The van der Waals surface area contributed by atoms with Crippen LogP contribution in [0.1, 0.15) is 29.0 Å². The van der Waals surface area contributed by atoms with Crippen LogP contribution in [0.5, 0.6) is 0 Å². The van der Waals surface area contributed by atoms with Gasteiger partial charge in [0.25, 0.3) is 0 Å². The van der Waals surface area contributed by atoms with Crippen molar-refractivity contribution in [3.8, 4) is 0 Å². The van der Waals surface area contributed by atoms with Crippen molar-refractivity contribution in [3.63, 3.8) is 0 Å². The molecule has 0 radical (unpaired) electrons. The van der Waals surface area contributed by atoms with E-state index >= 15 is 0 Å². The Balaban J connectivity index is 0.00000363. The largest absolute Gasteiger partial charge is 0.379 e. The normalized spacial score (nSPS) is 16.0. The van der Waals surface area contributed by atoms with Gasteiger partial charge in [0, 0.05) is 43.2 Å².